The number of epoxide rings is 2. The average Bonchev–Trinajstić information content (AvgIpc) is 3.11. The van der Waals surface area contributed by atoms with Crippen LogP contribution in [0.2, 0.25) is 0 Å². The summed E-state index contributed by atoms with van der Waals surface area (Å²) < 4.78 is 11.8. The van der Waals surface area contributed by atoms with Crippen LogP contribution < -0.4 is 0 Å². The first kappa shape index (κ1) is 11.7. The zero-order valence-electron chi connectivity index (χ0n) is 11.5. The van der Waals surface area contributed by atoms with Gasteiger partial charge in [0.2, 0.25) is 0 Å². The van der Waals surface area contributed by atoms with Gasteiger partial charge in [-0.15, -0.1) is 0 Å². The number of hydrogen-bond acceptors (Lipinski definition) is 2. The van der Waals surface area contributed by atoms with E-state index in [4.69, 9.17) is 9.47 Å². The van der Waals surface area contributed by atoms with E-state index < -0.39 is 0 Å². The Hall–Kier alpha value is -0.340. The van der Waals surface area contributed by atoms with E-state index >= 15 is 0 Å². The highest BCUT2D eigenvalue weighted by Crippen LogP contribution is 2.51. The van der Waals surface area contributed by atoms with Gasteiger partial charge in [0.25, 0.3) is 0 Å². The minimum atomic E-state index is 0.111. The third kappa shape index (κ3) is 2.17. The van der Waals surface area contributed by atoms with Gasteiger partial charge in [0.05, 0.1) is 23.9 Å². The minimum Gasteiger partial charge on any atom is -0.369 e. The maximum Gasteiger partial charge on any atom is 0.0946 e. The third-order valence-corrected chi connectivity index (χ3v) is 4.77. The largest absolute Gasteiger partial charge is 0.369 e. The molecular formula is C15H24O2. The molecule has 0 spiro atoms. The number of fused-ring (bicyclic) bond motifs is 2. The quantitative estimate of drug-likeness (QED) is 0.475. The van der Waals surface area contributed by atoms with Crippen LogP contribution in [0, 0.1) is 5.41 Å². The van der Waals surface area contributed by atoms with E-state index in [1.54, 1.807) is 0 Å². The van der Waals surface area contributed by atoms with Crippen molar-refractivity contribution in [2.75, 3.05) is 0 Å². The molecule has 0 amide bonds. The monoisotopic (exact) mass is 236 g/mol. The molecule has 2 heterocycles. The summed E-state index contributed by atoms with van der Waals surface area (Å²) in [6, 6.07) is 0. The number of ether oxygens (including phenoxy) is 2. The maximum atomic E-state index is 5.89. The van der Waals surface area contributed by atoms with Gasteiger partial charge in [0.15, 0.2) is 0 Å². The summed E-state index contributed by atoms with van der Waals surface area (Å²) in [6.07, 6.45) is 8.34. The Morgan fingerprint density at radius 2 is 2.06 bits per heavy atom. The van der Waals surface area contributed by atoms with E-state index in [0.717, 1.165) is 12.8 Å². The second-order valence-electron chi connectivity index (χ2n) is 7.00. The highest BCUT2D eigenvalue weighted by molar-refractivity contribution is 5.12. The van der Waals surface area contributed by atoms with E-state index in [0.29, 0.717) is 18.3 Å². The van der Waals surface area contributed by atoms with Crippen LogP contribution in [0.3, 0.4) is 0 Å². The fourth-order valence-corrected chi connectivity index (χ4v) is 3.23. The van der Waals surface area contributed by atoms with Crippen molar-refractivity contribution in [3.8, 4) is 0 Å². The third-order valence-electron chi connectivity index (χ3n) is 4.77. The van der Waals surface area contributed by atoms with Gasteiger partial charge in [-0.25, -0.2) is 0 Å². The average molecular weight is 236 g/mol. The minimum absolute atomic E-state index is 0.111. The molecule has 2 aliphatic heterocycles. The second kappa shape index (κ2) is 3.58. The van der Waals surface area contributed by atoms with E-state index in [-0.39, 0.29) is 11.0 Å². The molecule has 0 aromatic carbocycles. The molecule has 3 aliphatic rings. The summed E-state index contributed by atoms with van der Waals surface area (Å²) in [5.74, 6) is 0. The molecule has 2 heteroatoms. The van der Waals surface area contributed by atoms with Gasteiger partial charge < -0.3 is 9.47 Å². The van der Waals surface area contributed by atoms with Crippen LogP contribution in [0.25, 0.3) is 0 Å². The summed E-state index contributed by atoms with van der Waals surface area (Å²) >= 11 is 0. The number of rotatable bonds is 0. The molecule has 2 nitrogen and oxygen atoms in total. The van der Waals surface area contributed by atoms with Crippen molar-refractivity contribution >= 4 is 0 Å². The van der Waals surface area contributed by atoms with Gasteiger partial charge in [-0.3, -0.25) is 0 Å². The highest BCUT2D eigenvalue weighted by atomic mass is 16.6. The molecule has 4 atom stereocenters. The van der Waals surface area contributed by atoms with E-state index in [1.165, 1.54) is 18.4 Å². The molecular weight excluding hydrogens is 212 g/mol. The van der Waals surface area contributed by atoms with Crippen LogP contribution >= 0.6 is 0 Å². The van der Waals surface area contributed by atoms with Crippen molar-refractivity contribution in [1.82, 2.24) is 0 Å². The van der Waals surface area contributed by atoms with E-state index in [2.05, 4.69) is 33.8 Å². The molecule has 1 aliphatic carbocycles. The van der Waals surface area contributed by atoms with E-state index in [9.17, 15) is 0 Å². The van der Waals surface area contributed by atoms with Crippen LogP contribution in [-0.2, 0) is 9.47 Å². The predicted molar refractivity (Wildman–Crippen MR) is 67.9 cm³/mol. The SMILES string of the molecule is C/C1=C\CC(C)(C)[C@@H]2O[C@H]2C[C@]2(C)O[C@H]2CC1. The Balaban J connectivity index is 1.77. The van der Waals surface area contributed by atoms with Gasteiger partial charge in [0.1, 0.15) is 0 Å². The zero-order chi connectivity index (χ0) is 12.3. The van der Waals surface area contributed by atoms with Gasteiger partial charge in [-0.05, 0) is 38.5 Å². The summed E-state index contributed by atoms with van der Waals surface area (Å²) in [5.41, 5.74) is 1.90. The topological polar surface area (TPSA) is 25.1 Å². The van der Waals surface area contributed by atoms with Crippen molar-refractivity contribution in [3.63, 3.8) is 0 Å². The molecule has 0 N–H and O–H groups in total. The molecule has 3 rings (SSSR count). The molecule has 0 radical (unpaired) electrons. The predicted octanol–water partition coefficient (Wildman–Crippen LogP) is 3.46. The summed E-state index contributed by atoms with van der Waals surface area (Å²) in [7, 11) is 0. The molecule has 0 bridgehead atoms. The van der Waals surface area contributed by atoms with Crippen LogP contribution in [0.1, 0.15) is 53.4 Å². The van der Waals surface area contributed by atoms with Gasteiger partial charge in [-0.1, -0.05) is 25.5 Å². The van der Waals surface area contributed by atoms with E-state index in [1.807, 2.05) is 0 Å². The van der Waals surface area contributed by atoms with Crippen molar-refractivity contribution in [2.24, 2.45) is 5.41 Å². The van der Waals surface area contributed by atoms with Crippen molar-refractivity contribution < 1.29 is 9.47 Å². The lowest BCUT2D eigenvalue weighted by Gasteiger charge is -2.21. The number of allylic oxidation sites excluding steroid dienone is 2. The first-order valence-corrected chi connectivity index (χ1v) is 6.90. The molecule has 0 saturated carbocycles. The maximum absolute atomic E-state index is 5.89. The summed E-state index contributed by atoms with van der Waals surface area (Å²) in [4.78, 5) is 0. The Kier molecular flexibility index (Phi) is 2.47. The molecule has 17 heavy (non-hydrogen) atoms. The molecule has 0 aromatic heterocycles. The van der Waals surface area contributed by atoms with Crippen LogP contribution in [0.15, 0.2) is 11.6 Å². The van der Waals surface area contributed by atoms with Crippen molar-refractivity contribution in [3.05, 3.63) is 11.6 Å². The zero-order valence-corrected chi connectivity index (χ0v) is 11.5. The Morgan fingerprint density at radius 1 is 1.29 bits per heavy atom. The molecule has 0 unspecified atom stereocenters. The normalized spacial score (nSPS) is 51.3. The van der Waals surface area contributed by atoms with Gasteiger partial charge in [-0.2, -0.15) is 0 Å². The second-order valence-corrected chi connectivity index (χ2v) is 7.00. The Morgan fingerprint density at radius 3 is 2.82 bits per heavy atom. The molecule has 0 aromatic rings. The smallest absolute Gasteiger partial charge is 0.0946 e. The van der Waals surface area contributed by atoms with Crippen LogP contribution in [-0.4, -0.2) is 23.9 Å². The lowest BCUT2D eigenvalue weighted by atomic mass is 9.82. The summed E-state index contributed by atoms with van der Waals surface area (Å²) in [6.45, 7) is 9.15. The Bertz CT molecular complexity index is 358. The fourth-order valence-electron chi connectivity index (χ4n) is 3.23. The van der Waals surface area contributed by atoms with Crippen LogP contribution in [0.5, 0.6) is 0 Å². The van der Waals surface area contributed by atoms with Crippen molar-refractivity contribution in [1.29, 1.82) is 0 Å². The number of hydrogen-bond donors (Lipinski definition) is 0. The lowest BCUT2D eigenvalue weighted by Crippen LogP contribution is -2.22. The van der Waals surface area contributed by atoms with Gasteiger partial charge in [0, 0.05) is 6.42 Å². The highest BCUT2D eigenvalue weighted by Gasteiger charge is 2.59. The fraction of sp³-hybridized carbons (Fsp3) is 0.867. The summed E-state index contributed by atoms with van der Waals surface area (Å²) in [5, 5.41) is 0. The Labute approximate surface area is 104 Å². The first-order chi connectivity index (χ1) is 7.91. The standard InChI is InChI=1S/C15H24O2/c1-10-5-6-12-15(4,17-12)9-11-13(16-11)14(2,3)8-7-10/h7,11-13H,5-6,8-9H2,1-4H3/b10-7+/t11-,12-,13+,15-/m0/s1. The lowest BCUT2D eigenvalue weighted by molar-refractivity contribution is 0.235. The molecule has 96 valence electrons. The molecule has 2 fully saturated rings. The van der Waals surface area contributed by atoms with Gasteiger partial charge >= 0.3 is 0 Å². The van der Waals surface area contributed by atoms with Crippen LogP contribution in [0.4, 0.5) is 0 Å². The molecule has 2 saturated heterocycles. The van der Waals surface area contributed by atoms with Crippen molar-refractivity contribution in [2.45, 2.75) is 77.3 Å². The first-order valence-electron chi connectivity index (χ1n) is 6.90.